The fourth-order valence-corrected chi connectivity index (χ4v) is 1.55. The van der Waals surface area contributed by atoms with Gasteiger partial charge in [-0.2, -0.15) is 0 Å². The number of nitrogens with one attached hydrogen (secondary N) is 1. The van der Waals surface area contributed by atoms with Gasteiger partial charge in [-0.25, -0.2) is 4.79 Å². The van der Waals surface area contributed by atoms with Crippen LogP contribution in [0.2, 0.25) is 0 Å². The van der Waals surface area contributed by atoms with Crippen LogP contribution >= 0.6 is 0 Å². The largest absolute Gasteiger partial charge is 0.478 e. The van der Waals surface area contributed by atoms with Crippen molar-refractivity contribution in [2.75, 3.05) is 13.7 Å². The highest BCUT2D eigenvalue weighted by molar-refractivity contribution is 5.85. The molecule has 0 aliphatic rings. The first-order chi connectivity index (χ1) is 8.65. The van der Waals surface area contributed by atoms with Gasteiger partial charge in [-0.1, -0.05) is 30.3 Å². The zero-order valence-electron chi connectivity index (χ0n) is 10.8. The molecular formula is C14H19NO3. The molecule has 0 spiro atoms. The maximum absolute atomic E-state index is 10.6. The molecule has 0 unspecified atom stereocenters. The van der Waals surface area contributed by atoms with Crippen LogP contribution in [0.5, 0.6) is 0 Å². The number of carboxylic acid groups (broad SMARTS) is 1. The Morgan fingerprint density at radius 2 is 2.06 bits per heavy atom. The van der Waals surface area contributed by atoms with Gasteiger partial charge in [0.05, 0.1) is 6.61 Å². The van der Waals surface area contributed by atoms with Crippen LogP contribution in [0.4, 0.5) is 0 Å². The maximum atomic E-state index is 10.6. The monoisotopic (exact) mass is 249 g/mol. The van der Waals surface area contributed by atoms with Gasteiger partial charge in [0.25, 0.3) is 0 Å². The lowest BCUT2D eigenvalue weighted by Gasteiger charge is -2.09. The average Bonchev–Trinajstić information content (AvgIpc) is 2.36. The molecule has 0 aliphatic heterocycles. The summed E-state index contributed by atoms with van der Waals surface area (Å²) >= 11 is 0. The van der Waals surface area contributed by atoms with Gasteiger partial charge < -0.3 is 15.2 Å². The molecule has 0 aromatic heterocycles. The summed E-state index contributed by atoms with van der Waals surface area (Å²) in [5, 5.41) is 11.9. The fraction of sp³-hybridized carbons (Fsp3) is 0.357. The van der Waals surface area contributed by atoms with Crippen LogP contribution in [0, 0.1) is 0 Å². The predicted octanol–water partition coefficient (Wildman–Crippen LogP) is 1.95. The summed E-state index contributed by atoms with van der Waals surface area (Å²) in [7, 11) is 1.67. The Bertz CT molecular complexity index is 427. The predicted molar refractivity (Wildman–Crippen MR) is 70.3 cm³/mol. The molecule has 4 nitrogen and oxygen atoms in total. The van der Waals surface area contributed by atoms with Gasteiger partial charge in [0, 0.05) is 25.8 Å². The summed E-state index contributed by atoms with van der Waals surface area (Å²) in [6.07, 6.45) is 1.67. The molecule has 1 aromatic rings. The molecular weight excluding hydrogens is 230 g/mol. The van der Waals surface area contributed by atoms with Crippen molar-refractivity contribution < 1.29 is 14.6 Å². The number of hydrogen-bond donors (Lipinski definition) is 2. The van der Waals surface area contributed by atoms with E-state index in [-0.39, 0.29) is 0 Å². The quantitative estimate of drug-likeness (QED) is 0.573. The molecule has 4 heteroatoms. The third kappa shape index (κ3) is 4.69. The number of hydrogen-bond acceptors (Lipinski definition) is 3. The first-order valence-electron chi connectivity index (χ1n) is 5.81. The Morgan fingerprint density at radius 1 is 1.39 bits per heavy atom. The maximum Gasteiger partial charge on any atom is 0.330 e. The van der Waals surface area contributed by atoms with Crippen molar-refractivity contribution in [1.82, 2.24) is 5.32 Å². The number of methoxy groups -OCH3 is 1. The van der Waals surface area contributed by atoms with E-state index in [1.807, 2.05) is 24.3 Å². The van der Waals surface area contributed by atoms with Crippen molar-refractivity contribution in [2.45, 2.75) is 20.1 Å². The first-order valence-corrected chi connectivity index (χ1v) is 5.81. The first kappa shape index (κ1) is 14.4. The second-order valence-corrected chi connectivity index (χ2v) is 4.02. The van der Waals surface area contributed by atoms with Crippen molar-refractivity contribution in [3.63, 3.8) is 0 Å². The molecule has 0 aliphatic carbocycles. The molecule has 0 fully saturated rings. The van der Waals surface area contributed by atoms with E-state index in [1.54, 1.807) is 20.1 Å². The van der Waals surface area contributed by atoms with Gasteiger partial charge in [0.1, 0.15) is 0 Å². The van der Waals surface area contributed by atoms with E-state index < -0.39 is 5.97 Å². The normalized spacial score (nSPS) is 11.6. The summed E-state index contributed by atoms with van der Waals surface area (Å²) in [5.41, 5.74) is 2.67. The SMILES string of the molecule is COCc1ccccc1CNC/C=C(/C)C(=O)O. The number of aliphatic carboxylic acids is 1. The van der Waals surface area contributed by atoms with Crippen LogP contribution in [-0.2, 0) is 22.7 Å². The highest BCUT2D eigenvalue weighted by atomic mass is 16.5. The van der Waals surface area contributed by atoms with E-state index >= 15 is 0 Å². The van der Waals surface area contributed by atoms with Crippen molar-refractivity contribution in [1.29, 1.82) is 0 Å². The number of ether oxygens (including phenoxy) is 1. The average molecular weight is 249 g/mol. The Labute approximate surface area is 107 Å². The zero-order chi connectivity index (χ0) is 13.4. The molecule has 0 saturated carbocycles. The second kappa shape index (κ2) is 7.63. The Morgan fingerprint density at radius 3 is 2.67 bits per heavy atom. The number of carbonyl (C=O) groups is 1. The van der Waals surface area contributed by atoms with Crippen molar-refractivity contribution >= 4 is 5.97 Å². The number of rotatable bonds is 7. The summed E-state index contributed by atoms with van der Waals surface area (Å²) in [6, 6.07) is 8.02. The van der Waals surface area contributed by atoms with Crippen LogP contribution in [0.1, 0.15) is 18.1 Å². The van der Waals surface area contributed by atoms with E-state index in [0.717, 1.165) is 5.56 Å². The molecule has 0 saturated heterocycles. The number of benzene rings is 1. The summed E-state index contributed by atoms with van der Waals surface area (Å²) in [4.78, 5) is 10.6. The van der Waals surface area contributed by atoms with Crippen molar-refractivity contribution in [3.8, 4) is 0 Å². The molecule has 18 heavy (non-hydrogen) atoms. The Kier molecular flexibility index (Phi) is 6.11. The van der Waals surface area contributed by atoms with Crippen molar-refractivity contribution in [2.24, 2.45) is 0 Å². The topological polar surface area (TPSA) is 58.6 Å². The van der Waals surface area contributed by atoms with Crippen molar-refractivity contribution in [3.05, 3.63) is 47.0 Å². The van der Waals surface area contributed by atoms with Crippen LogP contribution in [0.3, 0.4) is 0 Å². The molecule has 0 radical (unpaired) electrons. The van der Waals surface area contributed by atoms with E-state index in [0.29, 0.717) is 25.3 Å². The van der Waals surface area contributed by atoms with E-state index in [4.69, 9.17) is 9.84 Å². The minimum atomic E-state index is -0.878. The molecule has 1 rings (SSSR count). The van der Waals surface area contributed by atoms with Crippen LogP contribution in [0.25, 0.3) is 0 Å². The summed E-state index contributed by atoms with van der Waals surface area (Å²) < 4.78 is 5.13. The lowest BCUT2D eigenvalue weighted by Crippen LogP contribution is -2.15. The fourth-order valence-electron chi connectivity index (χ4n) is 1.55. The summed E-state index contributed by atoms with van der Waals surface area (Å²) in [5.74, 6) is -0.878. The third-order valence-corrected chi connectivity index (χ3v) is 2.62. The van der Waals surface area contributed by atoms with Crippen LogP contribution in [-0.4, -0.2) is 24.7 Å². The van der Waals surface area contributed by atoms with E-state index in [1.165, 1.54) is 5.56 Å². The standard InChI is InChI=1S/C14H19NO3/c1-11(14(16)17)7-8-15-9-12-5-3-4-6-13(12)10-18-2/h3-7,15H,8-10H2,1-2H3,(H,16,17)/b11-7-. The lowest BCUT2D eigenvalue weighted by molar-refractivity contribution is -0.132. The van der Waals surface area contributed by atoms with Gasteiger partial charge in [0.2, 0.25) is 0 Å². The van der Waals surface area contributed by atoms with Crippen LogP contribution in [0.15, 0.2) is 35.9 Å². The molecule has 2 N–H and O–H groups in total. The molecule has 1 aromatic carbocycles. The highest BCUT2D eigenvalue weighted by Gasteiger charge is 2.01. The summed E-state index contributed by atoms with van der Waals surface area (Å²) in [6.45, 7) is 3.41. The lowest BCUT2D eigenvalue weighted by atomic mass is 10.1. The Hall–Kier alpha value is -1.65. The van der Waals surface area contributed by atoms with Crippen LogP contribution < -0.4 is 5.32 Å². The molecule has 0 bridgehead atoms. The van der Waals surface area contributed by atoms with Gasteiger partial charge in [-0.05, 0) is 18.1 Å². The smallest absolute Gasteiger partial charge is 0.330 e. The van der Waals surface area contributed by atoms with Gasteiger partial charge in [-0.15, -0.1) is 0 Å². The van der Waals surface area contributed by atoms with Gasteiger partial charge >= 0.3 is 5.97 Å². The minimum Gasteiger partial charge on any atom is -0.478 e. The molecule has 0 atom stereocenters. The minimum absolute atomic E-state index is 0.354. The molecule has 0 heterocycles. The number of carboxylic acids is 1. The van der Waals surface area contributed by atoms with Gasteiger partial charge in [0.15, 0.2) is 0 Å². The van der Waals surface area contributed by atoms with E-state index in [2.05, 4.69) is 5.32 Å². The van der Waals surface area contributed by atoms with Gasteiger partial charge in [-0.3, -0.25) is 0 Å². The van der Waals surface area contributed by atoms with E-state index in [9.17, 15) is 4.79 Å². The highest BCUT2D eigenvalue weighted by Crippen LogP contribution is 2.09. The third-order valence-electron chi connectivity index (χ3n) is 2.62. The zero-order valence-corrected chi connectivity index (χ0v) is 10.8. The molecule has 0 amide bonds. The molecule has 98 valence electrons. The Balaban J connectivity index is 2.49. The second-order valence-electron chi connectivity index (χ2n) is 4.02.